The van der Waals surface area contributed by atoms with Gasteiger partial charge in [0.25, 0.3) is 0 Å². The number of methoxy groups -OCH3 is 1. The summed E-state index contributed by atoms with van der Waals surface area (Å²) in [6.45, 7) is 2.63. The third-order valence-corrected chi connectivity index (χ3v) is 3.33. The zero-order valence-electron chi connectivity index (χ0n) is 9.37. The molecule has 0 atom stereocenters. The van der Waals surface area contributed by atoms with E-state index >= 15 is 0 Å². The van der Waals surface area contributed by atoms with Crippen LogP contribution in [-0.2, 0) is 9.53 Å². The largest absolute Gasteiger partial charge is 0.468 e. The smallest absolute Gasteiger partial charge is 0.319 e. The van der Waals surface area contributed by atoms with Gasteiger partial charge in [-0.25, -0.2) is 0 Å². The van der Waals surface area contributed by atoms with E-state index < -0.39 is 0 Å². The molecule has 2 rings (SSSR count). The van der Waals surface area contributed by atoms with Gasteiger partial charge in [0.2, 0.25) is 0 Å². The SMILES string of the molecule is COC(=O)CN(C1CCNCC1)C1CC1. The van der Waals surface area contributed by atoms with Crippen molar-refractivity contribution in [3.8, 4) is 0 Å². The second-order valence-electron chi connectivity index (χ2n) is 4.46. The number of carbonyl (C=O) groups excluding carboxylic acids is 1. The fraction of sp³-hybridized carbons (Fsp3) is 0.909. The van der Waals surface area contributed by atoms with Gasteiger partial charge in [0.05, 0.1) is 13.7 Å². The summed E-state index contributed by atoms with van der Waals surface area (Å²) < 4.78 is 4.75. The summed E-state index contributed by atoms with van der Waals surface area (Å²) in [4.78, 5) is 13.7. The number of esters is 1. The van der Waals surface area contributed by atoms with Crippen molar-refractivity contribution in [1.29, 1.82) is 0 Å². The number of piperidine rings is 1. The first-order valence-corrected chi connectivity index (χ1v) is 5.84. The number of nitrogens with one attached hydrogen (secondary N) is 1. The molecule has 1 heterocycles. The fourth-order valence-electron chi connectivity index (χ4n) is 2.31. The highest BCUT2D eigenvalue weighted by Crippen LogP contribution is 2.30. The van der Waals surface area contributed by atoms with Gasteiger partial charge >= 0.3 is 5.97 Å². The van der Waals surface area contributed by atoms with E-state index in [0.29, 0.717) is 18.6 Å². The average molecular weight is 212 g/mol. The first-order chi connectivity index (χ1) is 7.31. The lowest BCUT2D eigenvalue weighted by atomic mass is 10.0. The van der Waals surface area contributed by atoms with Gasteiger partial charge < -0.3 is 10.1 Å². The molecule has 0 radical (unpaired) electrons. The van der Waals surface area contributed by atoms with Crippen molar-refractivity contribution in [2.24, 2.45) is 0 Å². The van der Waals surface area contributed by atoms with Crippen molar-refractivity contribution < 1.29 is 9.53 Å². The molecule has 0 amide bonds. The van der Waals surface area contributed by atoms with Gasteiger partial charge in [0, 0.05) is 12.1 Å². The van der Waals surface area contributed by atoms with Crippen LogP contribution in [0.4, 0.5) is 0 Å². The van der Waals surface area contributed by atoms with Crippen molar-refractivity contribution in [3.05, 3.63) is 0 Å². The predicted molar refractivity (Wildman–Crippen MR) is 57.6 cm³/mol. The molecule has 1 saturated carbocycles. The summed E-state index contributed by atoms with van der Waals surface area (Å²) in [5.74, 6) is -0.0968. The van der Waals surface area contributed by atoms with Crippen LogP contribution in [0.3, 0.4) is 0 Å². The molecular weight excluding hydrogens is 192 g/mol. The molecule has 0 aromatic carbocycles. The standard InChI is InChI=1S/C11H20N2O2/c1-15-11(14)8-13(9-2-3-9)10-4-6-12-7-5-10/h9-10,12H,2-8H2,1H3. The van der Waals surface area contributed by atoms with Crippen LogP contribution in [0.25, 0.3) is 0 Å². The molecular formula is C11H20N2O2. The third-order valence-electron chi connectivity index (χ3n) is 3.33. The quantitative estimate of drug-likeness (QED) is 0.684. The molecule has 0 aromatic heterocycles. The summed E-state index contributed by atoms with van der Waals surface area (Å²) in [6.07, 6.45) is 4.82. The van der Waals surface area contributed by atoms with Gasteiger partial charge in [0.15, 0.2) is 0 Å². The maximum Gasteiger partial charge on any atom is 0.319 e. The summed E-state index contributed by atoms with van der Waals surface area (Å²) in [5.41, 5.74) is 0. The van der Waals surface area contributed by atoms with E-state index in [1.54, 1.807) is 0 Å². The monoisotopic (exact) mass is 212 g/mol. The Balaban J connectivity index is 1.89. The van der Waals surface area contributed by atoms with E-state index in [2.05, 4.69) is 10.2 Å². The molecule has 2 aliphatic rings. The molecule has 0 bridgehead atoms. The lowest BCUT2D eigenvalue weighted by Crippen LogP contribution is -2.46. The molecule has 1 aliphatic carbocycles. The van der Waals surface area contributed by atoms with Crippen LogP contribution >= 0.6 is 0 Å². The highest BCUT2D eigenvalue weighted by atomic mass is 16.5. The van der Waals surface area contributed by atoms with Gasteiger partial charge in [-0.15, -0.1) is 0 Å². The number of hydrogen-bond acceptors (Lipinski definition) is 4. The average Bonchev–Trinajstić information content (AvgIpc) is 3.10. The van der Waals surface area contributed by atoms with E-state index in [1.165, 1.54) is 20.0 Å². The van der Waals surface area contributed by atoms with Crippen LogP contribution in [0.5, 0.6) is 0 Å². The molecule has 1 N–H and O–H groups in total. The van der Waals surface area contributed by atoms with Crippen molar-refractivity contribution in [3.63, 3.8) is 0 Å². The molecule has 0 spiro atoms. The highest BCUT2D eigenvalue weighted by Gasteiger charge is 2.35. The van der Waals surface area contributed by atoms with E-state index in [9.17, 15) is 4.79 Å². The second-order valence-corrected chi connectivity index (χ2v) is 4.46. The van der Waals surface area contributed by atoms with Gasteiger partial charge in [-0.1, -0.05) is 0 Å². The van der Waals surface area contributed by atoms with Crippen LogP contribution in [0, 0.1) is 0 Å². The zero-order valence-corrected chi connectivity index (χ0v) is 9.37. The Hall–Kier alpha value is -0.610. The third kappa shape index (κ3) is 2.92. The first-order valence-electron chi connectivity index (χ1n) is 5.84. The Morgan fingerprint density at radius 2 is 1.87 bits per heavy atom. The summed E-state index contributed by atoms with van der Waals surface area (Å²) in [5, 5.41) is 3.35. The molecule has 0 unspecified atom stereocenters. The van der Waals surface area contributed by atoms with Gasteiger partial charge in [-0.3, -0.25) is 9.69 Å². The maximum absolute atomic E-state index is 11.3. The van der Waals surface area contributed by atoms with Gasteiger partial charge in [0.1, 0.15) is 0 Å². The van der Waals surface area contributed by atoms with E-state index in [1.807, 2.05) is 0 Å². The Labute approximate surface area is 91.0 Å². The molecule has 4 nitrogen and oxygen atoms in total. The van der Waals surface area contributed by atoms with Crippen molar-refractivity contribution >= 4 is 5.97 Å². The number of rotatable bonds is 4. The summed E-state index contributed by atoms with van der Waals surface area (Å²) >= 11 is 0. The van der Waals surface area contributed by atoms with E-state index in [0.717, 1.165) is 25.9 Å². The molecule has 1 aliphatic heterocycles. The Kier molecular flexibility index (Phi) is 3.59. The van der Waals surface area contributed by atoms with Crippen LogP contribution in [0.15, 0.2) is 0 Å². The first kappa shape index (κ1) is 10.9. The minimum absolute atomic E-state index is 0.0968. The maximum atomic E-state index is 11.3. The van der Waals surface area contributed by atoms with E-state index in [-0.39, 0.29) is 5.97 Å². The lowest BCUT2D eigenvalue weighted by Gasteiger charge is -2.33. The Bertz CT molecular complexity index is 223. The number of carbonyl (C=O) groups is 1. The molecule has 1 saturated heterocycles. The van der Waals surface area contributed by atoms with E-state index in [4.69, 9.17) is 4.74 Å². The van der Waals surface area contributed by atoms with Crippen LogP contribution in [0.1, 0.15) is 25.7 Å². The Morgan fingerprint density at radius 1 is 1.27 bits per heavy atom. The predicted octanol–water partition coefficient (Wildman–Crippen LogP) is 0.376. The minimum atomic E-state index is -0.0968. The van der Waals surface area contributed by atoms with Crippen LogP contribution in [-0.4, -0.2) is 49.7 Å². The summed E-state index contributed by atoms with van der Waals surface area (Å²) in [6, 6.07) is 1.23. The number of nitrogens with zero attached hydrogens (tertiary/aromatic N) is 1. The molecule has 15 heavy (non-hydrogen) atoms. The zero-order chi connectivity index (χ0) is 10.7. The van der Waals surface area contributed by atoms with Gasteiger partial charge in [-0.2, -0.15) is 0 Å². The number of hydrogen-bond donors (Lipinski definition) is 1. The second kappa shape index (κ2) is 4.94. The lowest BCUT2D eigenvalue weighted by molar-refractivity contribution is -0.142. The molecule has 0 aromatic rings. The molecule has 2 fully saturated rings. The van der Waals surface area contributed by atoms with Gasteiger partial charge in [-0.05, 0) is 38.8 Å². The summed E-state index contributed by atoms with van der Waals surface area (Å²) in [7, 11) is 1.47. The van der Waals surface area contributed by atoms with Crippen molar-refractivity contribution in [1.82, 2.24) is 10.2 Å². The molecule has 86 valence electrons. The fourth-order valence-corrected chi connectivity index (χ4v) is 2.31. The Morgan fingerprint density at radius 3 is 2.40 bits per heavy atom. The topological polar surface area (TPSA) is 41.6 Å². The van der Waals surface area contributed by atoms with Crippen LogP contribution in [0.2, 0.25) is 0 Å². The van der Waals surface area contributed by atoms with Crippen molar-refractivity contribution in [2.45, 2.75) is 37.8 Å². The normalized spacial score (nSPS) is 23.1. The minimum Gasteiger partial charge on any atom is -0.468 e. The van der Waals surface area contributed by atoms with Crippen LogP contribution < -0.4 is 5.32 Å². The van der Waals surface area contributed by atoms with Crippen molar-refractivity contribution in [2.75, 3.05) is 26.7 Å². The number of ether oxygens (including phenoxy) is 1. The molecule has 4 heteroatoms. The highest BCUT2D eigenvalue weighted by molar-refractivity contribution is 5.71.